The van der Waals surface area contributed by atoms with Crippen LogP contribution in [0.25, 0.3) is 0 Å². The van der Waals surface area contributed by atoms with E-state index in [1.165, 1.54) is 11.8 Å². The van der Waals surface area contributed by atoms with Crippen molar-refractivity contribution in [3.05, 3.63) is 24.3 Å². The van der Waals surface area contributed by atoms with Gasteiger partial charge in [0.05, 0.1) is 11.9 Å². The summed E-state index contributed by atoms with van der Waals surface area (Å²) in [6, 6.07) is 7.16. The van der Waals surface area contributed by atoms with Crippen LogP contribution < -0.4 is 14.4 Å². The van der Waals surface area contributed by atoms with E-state index in [9.17, 15) is 13.2 Å². The Morgan fingerprint density at radius 2 is 1.86 bits per heavy atom. The molecule has 6 nitrogen and oxygen atoms in total. The van der Waals surface area contributed by atoms with Gasteiger partial charge in [-0.3, -0.25) is 4.79 Å². The molecule has 1 rings (SSSR count). The van der Waals surface area contributed by atoms with Gasteiger partial charge in [-0.1, -0.05) is 0 Å². The van der Waals surface area contributed by atoms with Gasteiger partial charge < -0.3 is 9.64 Å². The van der Waals surface area contributed by atoms with Gasteiger partial charge in [0.2, 0.25) is 15.9 Å². The Kier molecular flexibility index (Phi) is 6.83. The van der Waals surface area contributed by atoms with Crippen LogP contribution in [0.4, 0.5) is 5.69 Å². The van der Waals surface area contributed by atoms with Gasteiger partial charge in [-0.25, -0.2) is 13.1 Å². The molecule has 7 heteroatoms. The third-order valence-corrected chi connectivity index (χ3v) is 4.34. The number of carbonyl (C=O) groups excluding carboxylic acids is 1. The summed E-state index contributed by atoms with van der Waals surface area (Å²) in [5.41, 5.74) is 0.708. The van der Waals surface area contributed by atoms with Gasteiger partial charge in [0.25, 0.3) is 0 Å². The minimum Gasteiger partial charge on any atom is -0.491 e. The standard InChI is InChI=1S/C15H24N2O4S/c1-5-22(19,20)16-10-11-17(13(4)18)14-6-8-15(9-7-14)21-12(2)3/h6-9,12,16H,5,10-11H2,1-4H3. The van der Waals surface area contributed by atoms with E-state index in [2.05, 4.69) is 4.72 Å². The summed E-state index contributed by atoms with van der Waals surface area (Å²) in [5.74, 6) is 0.607. The van der Waals surface area contributed by atoms with Gasteiger partial charge in [-0.15, -0.1) is 0 Å². The minimum absolute atomic E-state index is 0.0221. The number of sulfonamides is 1. The number of nitrogens with zero attached hydrogens (tertiary/aromatic N) is 1. The molecule has 0 aliphatic rings. The van der Waals surface area contributed by atoms with E-state index in [-0.39, 0.29) is 30.9 Å². The van der Waals surface area contributed by atoms with Crippen LogP contribution in [-0.2, 0) is 14.8 Å². The number of hydrogen-bond donors (Lipinski definition) is 1. The summed E-state index contributed by atoms with van der Waals surface area (Å²) < 4.78 is 30.8. The molecular formula is C15H24N2O4S. The Hall–Kier alpha value is -1.60. The van der Waals surface area contributed by atoms with E-state index in [4.69, 9.17) is 4.74 Å². The Balaban J connectivity index is 2.73. The molecule has 0 aromatic heterocycles. The van der Waals surface area contributed by atoms with Crippen molar-refractivity contribution in [2.75, 3.05) is 23.7 Å². The van der Waals surface area contributed by atoms with Crippen molar-refractivity contribution in [1.29, 1.82) is 0 Å². The molecule has 124 valence electrons. The molecule has 1 amide bonds. The molecule has 1 aromatic rings. The van der Waals surface area contributed by atoms with Crippen molar-refractivity contribution < 1.29 is 17.9 Å². The molecule has 0 radical (unpaired) electrons. The van der Waals surface area contributed by atoms with Crippen LogP contribution in [0.15, 0.2) is 24.3 Å². The molecular weight excluding hydrogens is 304 g/mol. The number of carbonyl (C=O) groups is 1. The maximum atomic E-state index is 11.7. The lowest BCUT2D eigenvalue weighted by Gasteiger charge is -2.22. The highest BCUT2D eigenvalue weighted by atomic mass is 32.2. The Morgan fingerprint density at radius 3 is 2.32 bits per heavy atom. The number of amides is 1. The van der Waals surface area contributed by atoms with E-state index < -0.39 is 10.0 Å². The van der Waals surface area contributed by atoms with Gasteiger partial charge in [0.15, 0.2) is 0 Å². The first-order chi connectivity index (χ1) is 10.2. The van der Waals surface area contributed by atoms with Crippen LogP contribution in [-0.4, -0.2) is 39.3 Å². The highest BCUT2D eigenvalue weighted by Crippen LogP contribution is 2.20. The summed E-state index contributed by atoms with van der Waals surface area (Å²) in [5, 5.41) is 0. The Morgan fingerprint density at radius 1 is 1.27 bits per heavy atom. The first kappa shape index (κ1) is 18.4. The fraction of sp³-hybridized carbons (Fsp3) is 0.533. The van der Waals surface area contributed by atoms with E-state index in [1.54, 1.807) is 31.2 Å². The SMILES string of the molecule is CCS(=O)(=O)NCCN(C(C)=O)c1ccc(OC(C)C)cc1. The summed E-state index contributed by atoms with van der Waals surface area (Å²) in [6.45, 7) is 7.36. The molecule has 0 aliphatic carbocycles. The molecule has 1 aromatic carbocycles. The van der Waals surface area contributed by atoms with E-state index in [0.29, 0.717) is 5.69 Å². The second-order valence-corrected chi connectivity index (χ2v) is 7.22. The first-order valence-corrected chi connectivity index (χ1v) is 8.92. The second-order valence-electron chi connectivity index (χ2n) is 5.13. The fourth-order valence-electron chi connectivity index (χ4n) is 1.86. The zero-order valence-corrected chi connectivity index (χ0v) is 14.3. The Bertz CT molecular complexity index is 582. The van der Waals surface area contributed by atoms with Crippen LogP contribution in [0, 0.1) is 0 Å². The molecule has 0 heterocycles. The number of rotatable bonds is 8. The topological polar surface area (TPSA) is 75.7 Å². The lowest BCUT2D eigenvalue weighted by Crippen LogP contribution is -2.38. The van der Waals surface area contributed by atoms with Crippen LogP contribution in [0.1, 0.15) is 27.7 Å². The predicted octanol–water partition coefficient (Wildman–Crippen LogP) is 1.77. The number of hydrogen-bond acceptors (Lipinski definition) is 4. The molecule has 22 heavy (non-hydrogen) atoms. The molecule has 0 aliphatic heterocycles. The van der Waals surface area contributed by atoms with Crippen LogP contribution in [0.3, 0.4) is 0 Å². The smallest absolute Gasteiger partial charge is 0.223 e. The summed E-state index contributed by atoms with van der Waals surface area (Å²) in [6.07, 6.45) is 0.0817. The highest BCUT2D eigenvalue weighted by molar-refractivity contribution is 7.89. The average molecular weight is 328 g/mol. The van der Waals surface area contributed by atoms with E-state index in [1.807, 2.05) is 13.8 Å². The molecule has 0 saturated heterocycles. The molecule has 0 fully saturated rings. The number of anilines is 1. The molecule has 1 N–H and O–H groups in total. The average Bonchev–Trinajstić information content (AvgIpc) is 2.44. The lowest BCUT2D eigenvalue weighted by atomic mass is 10.2. The largest absolute Gasteiger partial charge is 0.491 e. The van der Waals surface area contributed by atoms with Crippen LogP contribution >= 0.6 is 0 Å². The quantitative estimate of drug-likeness (QED) is 0.789. The zero-order chi connectivity index (χ0) is 16.8. The maximum absolute atomic E-state index is 11.7. The Labute approximate surface area is 132 Å². The second kappa shape index (κ2) is 8.14. The third-order valence-electron chi connectivity index (χ3n) is 2.94. The first-order valence-electron chi connectivity index (χ1n) is 7.27. The van der Waals surface area contributed by atoms with Crippen molar-refractivity contribution >= 4 is 21.6 Å². The van der Waals surface area contributed by atoms with Crippen molar-refractivity contribution in [3.8, 4) is 5.75 Å². The van der Waals surface area contributed by atoms with Crippen molar-refractivity contribution in [3.63, 3.8) is 0 Å². The molecule has 0 spiro atoms. The van der Waals surface area contributed by atoms with Gasteiger partial charge in [-0.05, 0) is 45.0 Å². The van der Waals surface area contributed by atoms with E-state index >= 15 is 0 Å². The van der Waals surface area contributed by atoms with Crippen LogP contribution in [0.2, 0.25) is 0 Å². The van der Waals surface area contributed by atoms with Gasteiger partial charge in [0, 0.05) is 25.7 Å². The van der Waals surface area contributed by atoms with Gasteiger partial charge in [-0.2, -0.15) is 0 Å². The number of ether oxygens (including phenoxy) is 1. The third kappa shape index (κ3) is 6.03. The lowest BCUT2D eigenvalue weighted by molar-refractivity contribution is -0.116. The number of benzene rings is 1. The van der Waals surface area contributed by atoms with Gasteiger partial charge in [0.1, 0.15) is 5.75 Å². The summed E-state index contributed by atoms with van der Waals surface area (Å²) in [4.78, 5) is 13.3. The van der Waals surface area contributed by atoms with Gasteiger partial charge >= 0.3 is 0 Å². The van der Waals surface area contributed by atoms with Crippen molar-refractivity contribution in [2.45, 2.75) is 33.8 Å². The predicted molar refractivity (Wildman–Crippen MR) is 87.7 cm³/mol. The highest BCUT2D eigenvalue weighted by Gasteiger charge is 2.13. The number of nitrogens with one attached hydrogen (secondary N) is 1. The fourth-order valence-corrected chi connectivity index (χ4v) is 2.47. The van der Waals surface area contributed by atoms with Crippen LogP contribution in [0.5, 0.6) is 5.75 Å². The normalized spacial score (nSPS) is 11.5. The summed E-state index contributed by atoms with van der Waals surface area (Å²) >= 11 is 0. The monoisotopic (exact) mass is 328 g/mol. The summed E-state index contributed by atoms with van der Waals surface area (Å²) in [7, 11) is -3.25. The minimum atomic E-state index is -3.25. The molecule has 0 atom stereocenters. The van der Waals surface area contributed by atoms with Crippen molar-refractivity contribution in [2.24, 2.45) is 0 Å². The van der Waals surface area contributed by atoms with E-state index in [0.717, 1.165) is 5.75 Å². The maximum Gasteiger partial charge on any atom is 0.223 e. The van der Waals surface area contributed by atoms with Crippen molar-refractivity contribution in [1.82, 2.24) is 4.72 Å². The molecule has 0 saturated carbocycles. The zero-order valence-electron chi connectivity index (χ0n) is 13.5. The molecule has 0 bridgehead atoms. The molecule has 0 unspecified atom stereocenters.